The number of esters is 1. The van der Waals surface area contributed by atoms with Crippen molar-refractivity contribution in [3.05, 3.63) is 42.1 Å². The van der Waals surface area contributed by atoms with Gasteiger partial charge in [-0.15, -0.1) is 0 Å². The van der Waals surface area contributed by atoms with E-state index >= 15 is 0 Å². The molecule has 0 heterocycles. The van der Waals surface area contributed by atoms with Gasteiger partial charge in [-0.3, -0.25) is 0 Å². The number of rotatable bonds is 4. The van der Waals surface area contributed by atoms with Gasteiger partial charge in [0.2, 0.25) is 0 Å². The fourth-order valence-electron chi connectivity index (χ4n) is 0.935. The Labute approximate surface area is 88.3 Å². The van der Waals surface area contributed by atoms with Gasteiger partial charge in [-0.25, -0.2) is 4.79 Å². The maximum atomic E-state index is 10.8. The summed E-state index contributed by atoms with van der Waals surface area (Å²) in [5, 5.41) is 0. The van der Waals surface area contributed by atoms with E-state index in [0.29, 0.717) is 11.4 Å². The first kappa shape index (κ1) is 11.1. The lowest BCUT2D eigenvalue weighted by Gasteiger charge is -2.05. The topological polar surface area (TPSA) is 61.5 Å². The maximum absolute atomic E-state index is 10.8. The Bertz CT molecular complexity index is 346. The molecule has 0 radical (unpaired) electrons. The van der Waals surface area contributed by atoms with Crippen LogP contribution in [0.3, 0.4) is 0 Å². The third-order valence-electron chi connectivity index (χ3n) is 1.65. The van der Waals surface area contributed by atoms with Crippen molar-refractivity contribution in [3.8, 4) is 5.75 Å². The predicted molar refractivity (Wildman–Crippen MR) is 56.2 cm³/mol. The van der Waals surface area contributed by atoms with E-state index in [2.05, 4.69) is 4.74 Å². The number of hydrogen-bond donors (Lipinski definition) is 1. The molecule has 0 unspecified atom stereocenters. The SMILES string of the molecule is COC(=O)/C=C(\N)COc1ccccc1. The summed E-state index contributed by atoms with van der Waals surface area (Å²) in [4.78, 5) is 10.8. The molecule has 0 saturated carbocycles. The van der Waals surface area contributed by atoms with Gasteiger partial charge < -0.3 is 15.2 Å². The molecule has 0 spiro atoms. The maximum Gasteiger partial charge on any atom is 0.332 e. The Kier molecular flexibility index (Phi) is 4.22. The number of para-hydroxylation sites is 1. The molecule has 15 heavy (non-hydrogen) atoms. The summed E-state index contributed by atoms with van der Waals surface area (Å²) in [6, 6.07) is 9.22. The average Bonchev–Trinajstić information content (AvgIpc) is 2.27. The van der Waals surface area contributed by atoms with Crippen molar-refractivity contribution in [2.45, 2.75) is 0 Å². The van der Waals surface area contributed by atoms with E-state index in [9.17, 15) is 4.79 Å². The lowest BCUT2D eigenvalue weighted by Crippen LogP contribution is -2.11. The fraction of sp³-hybridized carbons (Fsp3) is 0.182. The van der Waals surface area contributed by atoms with Gasteiger partial charge in [0.05, 0.1) is 12.8 Å². The summed E-state index contributed by atoms with van der Waals surface area (Å²) < 4.78 is 9.73. The Morgan fingerprint density at radius 2 is 2.07 bits per heavy atom. The molecular formula is C11H13NO3. The van der Waals surface area contributed by atoms with Crippen molar-refractivity contribution < 1.29 is 14.3 Å². The third kappa shape index (κ3) is 4.17. The van der Waals surface area contributed by atoms with Gasteiger partial charge >= 0.3 is 5.97 Å². The number of nitrogens with two attached hydrogens (primary N) is 1. The van der Waals surface area contributed by atoms with E-state index in [1.165, 1.54) is 13.2 Å². The van der Waals surface area contributed by atoms with Crippen LogP contribution in [0.4, 0.5) is 0 Å². The number of benzene rings is 1. The molecule has 4 nitrogen and oxygen atoms in total. The zero-order valence-electron chi connectivity index (χ0n) is 8.47. The van der Waals surface area contributed by atoms with Crippen LogP contribution in [0.5, 0.6) is 5.75 Å². The van der Waals surface area contributed by atoms with Crippen molar-refractivity contribution in [1.29, 1.82) is 0 Å². The second kappa shape index (κ2) is 5.70. The molecule has 1 aromatic carbocycles. The molecule has 0 saturated heterocycles. The van der Waals surface area contributed by atoms with Crippen molar-refractivity contribution in [2.75, 3.05) is 13.7 Å². The Balaban J connectivity index is 2.44. The van der Waals surface area contributed by atoms with Gasteiger partial charge in [-0.2, -0.15) is 0 Å². The van der Waals surface area contributed by atoms with E-state index < -0.39 is 5.97 Å². The molecule has 0 bridgehead atoms. The van der Waals surface area contributed by atoms with Crippen molar-refractivity contribution in [3.63, 3.8) is 0 Å². The summed E-state index contributed by atoms with van der Waals surface area (Å²) in [5.41, 5.74) is 5.86. The first-order chi connectivity index (χ1) is 7.22. The van der Waals surface area contributed by atoms with Gasteiger partial charge in [0.25, 0.3) is 0 Å². The number of carbonyl (C=O) groups is 1. The van der Waals surface area contributed by atoms with Gasteiger partial charge in [0, 0.05) is 6.08 Å². The highest BCUT2D eigenvalue weighted by molar-refractivity contribution is 5.82. The quantitative estimate of drug-likeness (QED) is 0.592. The molecule has 0 aliphatic carbocycles. The Morgan fingerprint density at radius 1 is 1.40 bits per heavy atom. The molecule has 2 N–H and O–H groups in total. The zero-order valence-corrected chi connectivity index (χ0v) is 8.47. The van der Waals surface area contributed by atoms with Gasteiger partial charge in [0.15, 0.2) is 0 Å². The normalized spacial score (nSPS) is 10.9. The number of carbonyl (C=O) groups excluding carboxylic acids is 1. The van der Waals surface area contributed by atoms with Crippen LogP contribution in [0.15, 0.2) is 42.1 Å². The van der Waals surface area contributed by atoms with E-state index in [0.717, 1.165) is 0 Å². The van der Waals surface area contributed by atoms with Crippen LogP contribution in [0, 0.1) is 0 Å². The minimum atomic E-state index is -0.482. The largest absolute Gasteiger partial charge is 0.487 e. The van der Waals surface area contributed by atoms with Crippen LogP contribution in [-0.2, 0) is 9.53 Å². The van der Waals surface area contributed by atoms with E-state index in [-0.39, 0.29) is 6.61 Å². The molecule has 0 aliphatic heterocycles. The Morgan fingerprint density at radius 3 is 2.67 bits per heavy atom. The second-order valence-corrected chi connectivity index (χ2v) is 2.84. The molecule has 0 aromatic heterocycles. The number of ether oxygens (including phenoxy) is 2. The minimum Gasteiger partial charge on any atom is -0.487 e. The standard InChI is InChI=1S/C11H13NO3/c1-14-11(13)7-9(12)8-15-10-5-3-2-4-6-10/h2-7H,8,12H2,1H3/b9-7-. The third-order valence-corrected chi connectivity index (χ3v) is 1.65. The molecule has 4 heteroatoms. The molecule has 0 amide bonds. The molecular weight excluding hydrogens is 194 g/mol. The molecule has 1 aromatic rings. The summed E-state index contributed by atoms with van der Waals surface area (Å²) in [6.07, 6.45) is 1.20. The van der Waals surface area contributed by atoms with E-state index in [1.54, 1.807) is 0 Å². The Hall–Kier alpha value is -1.97. The highest BCUT2D eigenvalue weighted by Crippen LogP contribution is 2.08. The second-order valence-electron chi connectivity index (χ2n) is 2.84. The van der Waals surface area contributed by atoms with Gasteiger partial charge in [-0.05, 0) is 12.1 Å². The number of hydrogen-bond acceptors (Lipinski definition) is 4. The van der Waals surface area contributed by atoms with Gasteiger partial charge in [0.1, 0.15) is 12.4 Å². The highest BCUT2D eigenvalue weighted by atomic mass is 16.5. The summed E-state index contributed by atoms with van der Waals surface area (Å²) in [6.45, 7) is 0.166. The van der Waals surface area contributed by atoms with Crippen molar-refractivity contribution >= 4 is 5.97 Å². The van der Waals surface area contributed by atoms with E-state index in [4.69, 9.17) is 10.5 Å². The summed E-state index contributed by atoms with van der Waals surface area (Å²) in [5.74, 6) is 0.225. The highest BCUT2D eigenvalue weighted by Gasteiger charge is 1.98. The smallest absolute Gasteiger partial charge is 0.332 e. The van der Waals surface area contributed by atoms with Crippen LogP contribution in [-0.4, -0.2) is 19.7 Å². The van der Waals surface area contributed by atoms with Crippen molar-refractivity contribution in [1.82, 2.24) is 0 Å². The lowest BCUT2D eigenvalue weighted by molar-refractivity contribution is -0.134. The molecule has 0 fully saturated rings. The zero-order chi connectivity index (χ0) is 11.1. The van der Waals surface area contributed by atoms with Crippen LogP contribution in [0.1, 0.15) is 0 Å². The van der Waals surface area contributed by atoms with Gasteiger partial charge in [-0.1, -0.05) is 18.2 Å². The predicted octanol–water partition coefficient (Wildman–Crippen LogP) is 1.08. The lowest BCUT2D eigenvalue weighted by atomic mass is 10.3. The molecule has 80 valence electrons. The fourth-order valence-corrected chi connectivity index (χ4v) is 0.935. The molecule has 1 rings (SSSR count). The summed E-state index contributed by atoms with van der Waals surface area (Å²) in [7, 11) is 1.30. The summed E-state index contributed by atoms with van der Waals surface area (Å²) >= 11 is 0. The molecule has 0 aliphatic rings. The average molecular weight is 207 g/mol. The van der Waals surface area contributed by atoms with Crippen molar-refractivity contribution in [2.24, 2.45) is 5.73 Å². The van der Waals surface area contributed by atoms with Crippen LogP contribution in [0.2, 0.25) is 0 Å². The van der Waals surface area contributed by atoms with E-state index in [1.807, 2.05) is 30.3 Å². The minimum absolute atomic E-state index is 0.166. The van der Waals surface area contributed by atoms with Crippen LogP contribution in [0.25, 0.3) is 0 Å². The molecule has 0 atom stereocenters. The monoisotopic (exact) mass is 207 g/mol. The first-order valence-corrected chi connectivity index (χ1v) is 4.44. The van der Waals surface area contributed by atoms with Crippen LogP contribution < -0.4 is 10.5 Å². The number of methoxy groups -OCH3 is 1. The first-order valence-electron chi connectivity index (χ1n) is 4.44. The van der Waals surface area contributed by atoms with Crippen LogP contribution >= 0.6 is 0 Å².